The van der Waals surface area contributed by atoms with Gasteiger partial charge in [-0.2, -0.15) is 0 Å². The fourth-order valence-electron chi connectivity index (χ4n) is 2.47. The Morgan fingerprint density at radius 2 is 1.74 bits per heavy atom. The van der Waals surface area contributed by atoms with E-state index in [0.29, 0.717) is 0 Å². The third kappa shape index (κ3) is 1.54. The van der Waals surface area contributed by atoms with Gasteiger partial charge in [0.2, 0.25) is 0 Å². The van der Waals surface area contributed by atoms with Crippen LogP contribution >= 0.6 is 0 Å². The Kier molecular flexibility index (Phi) is 2.15. The summed E-state index contributed by atoms with van der Waals surface area (Å²) < 4.78 is 5.87. The van der Waals surface area contributed by atoms with E-state index in [-0.39, 0.29) is 0 Å². The van der Waals surface area contributed by atoms with Crippen molar-refractivity contribution in [2.75, 3.05) is 0 Å². The van der Waals surface area contributed by atoms with E-state index in [1.807, 2.05) is 42.5 Å². The van der Waals surface area contributed by atoms with Gasteiger partial charge in [0.15, 0.2) is 0 Å². The van der Waals surface area contributed by atoms with Gasteiger partial charge in [-0.25, -0.2) is 0 Å². The lowest BCUT2D eigenvalue weighted by Gasteiger charge is -2.02. The minimum absolute atomic E-state index is 0.874. The molecule has 0 aliphatic heterocycles. The molecule has 2 aromatic carbocycles. The molecule has 0 N–H and O–H groups in total. The number of benzene rings is 2. The molecule has 4 aromatic rings. The van der Waals surface area contributed by atoms with Crippen LogP contribution in [0.3, 0.4) is 0 Å². The molecule has 89 valence electrons. The van der Waals surface area contributed by atoms with Crippen molar-refractivity contribution in [3.05, 3.63) is 67.0 Å². The lowest BCUT2D eigenvalue weighted by atomic mass is 10.0. The van der Waals surface area contributed by atoms with Gasteiger partial charge in [-0.1, -0.05) is 24.3 Å². The van der Waals surface area contributed by atoms with Crippen molar-refractivity contribution in [1.29, 1.82) is 0 Å². The van der Waals surface area contributed by atoms with Crippen molar-refractivity contribution in [1.82, 2.24) is 4.98 Å². The molecular weight excluding hydrogens is 234 g/mol. The summed E-state index contributed by atoms with van der Waals surface area (Å²) in [5, 5.41) is 2.15. The van der Waals surface area contributed by atoms with Crippen LogP contribution in [0.5, 0.6) is 0 Å². The summed E-state index contributed by atoms with van der Waals surface area (Å²) in [7, 11) is 0. The first-order chi connectivity index (χ1) is 9.43. The third-order valence-corrected chi connectivity index (χ3v) is 3.31. The van der Waals surface area contributed by atoms with E-state index >= 15 is 0 Å². The minimum Gasteiger partial charge on any atom is -0.456 e. The van der Waals surface area contributed by atoms with Crippen LogP contribution in [0.1, 0.15) is 0 Å². The Hall–Kier alpha value is -2.61. The fraction of sp³-hybridized carbons (Fsp3) is 0. The maximum absolute atomic E-state index is 5.87. The standard InChI is InChI=1S/C17H10NO/c1-2-6-15-14(4-1)17-13(5-3-7-16(17)19-15)12-8-10-18-11-9-12/h1-3,5-11H. The first-order valence-corrected chi connectivity index (χ1v) is 6.16. The largest absolute Gasteiger partial charge is 0.456 e. The SMILES string of the molecule is [c]1cccc2oc3cccc(-c4ccncc4)c3c12. The van der Waals surface area contributed by atoms with Gasteiger partial charge in [-0.3, -0.25) is 4.98 Å². The summed E-state index contributed by atoms with van der Waals surface area (Å²) in [6.07, 6.45) is 3.61. The molecule has 0 amide bonds. The molecule has 2 heterocycles. The normalized spacial score (nSPS) is 11.2. The van der Waals surface area contributed by atoms with Crippen molar-refractivity contribution >= 4 is 21.9 Å². The zero-order chi connectivity index (χ0) is 12.7. The number of furan rings is 1. The summed E-state index contributed by atoms with van der Waals surface area (Å²) >= 11 is 0. The molecule has 0 unspecified atom stereocenters. The van der Waals surface area contributed by atoms with Gasteiger partial charge in [0, 0.05) is 23.2 Å². The second-order valence-corrected chi connectivity index (χ2v) is 4.43. The molecule has 0 bridgehead atoms. The van der Waals surface area contributed by atoms with Crippen LogP contribution in [-0.2, 0) is 0 Å². The van der Waals surface area contributed by atoms with Crippen molar-refractivity contribution < 1.29 is 4.42 Å². The van der Waals surface area contributed by atoms with Crippen LogP contribution in [0.4, 0.5) is 0 Å². The topological polar surface area (TPSA) is 26.0 Å². The molecule has 0 saturated carbocycles. The summed E-state index contributed by atoms with van der Waals surface area (Å²) in [6, 6.07) is 19.2. The Morgan fingerprint density at radius 3 is 2.63 bits per heavy atom. The van der Waals surface area contributed by atoms with Crippen molar-refractivity contribution in [2.24, 2.45) is 0 Å². The Labute approximate surface area is 110 Å². The van der Waals surface area contributed by atoms with Crippen LogP contribution in [-0.4, -0.2) is 4.98 Å². The second kappa shape index (κ2) is 3.95. The molecule has 0 aliphatic carbocycles. The van der Waals surface area contributed by atoms with E-state index in [4.69, 9.17) is 4.42 Å². The van der Waals surface area contributed by atoms with E-state index < -0.39 is 0 Å². The second-order valence-electron chi connectivity index (χ2n) is 4.43. The Bertz CT molecular complexity index is 862. The van der Waals surface area contributed by atoms with Gasteiger partial charge >= 0.3 is 0 Å². The number of rotatable bonds is 1. The summed E-state index contributed by atoms with van der Waals surface area (Å²) in [5.74, 6) is 0. The number of aromatic nitrogens is 1. The predicted octanol–water partition coefficient (Wildman–Crippen LogP) is 4.45. The molecule has 1 radical (unpaired) electrons. The van der Waals surface area contributed by atoms with Gasteiger partial charge in [0.1, 0.15) is 11.2 Å². The number of hydrogen-bond acceptors (Lipinski definition) is 2. The molecule has 0 atom stereocenters. The van der Waals surface area contributed by atoms with Crippen molar-refractivity contribution in [2.45, 2.75) is 0 Å². The first kappa shape index (κ1) is 10.3. The molecule has 19 heavy (non-hydrogen) atoms. The molecular formula is C17H10NO. The first-order valence-electron chi connectivity index (χ1n) is 6.16. The molecule has 0 spiro atoms. The summed E-state index contributed by atoms with van der Waals surface area (Å²) in [4.78, 5) is 4.07. The van der Waals surface area contributed by atoms with Crippen molar-refractivity contribution in [3.8, 4) is 11.1 Å². The van der Waals surface area contributed by atoms with E-state index in [1.54, 1.807) is 12.4 Å². The molecule has 2 heteroatoms. The summed E-state index contributed by atoms with van der Waals surface area (Å²) in [5.41, 5.74) is 4.06. The zero-order valence-corrected chi connectivity index (χ0v) is 10.1. The highest BCUT2D eigenvalue weighted by molar-refractivity contribution is 6.11. The average molecular weight is 244 g/mol. The Balaban J connectivity index is 2.17. The van der Waals surface area contributed by atoms with Crippen LogP contribution in [0, 0.1) is 6.07 Å². The lowest BCUT2D eigenvalue weighted by Crippen LogP contribution is -1.79. The molecule has 0 saturated heterocycles. The smallest absolute Gasteiger partial charge is 0.136 e. The van der Waals surface area contributed by atoms with Gasteiger partial charge in [0.05, 0.1) is 0 Å². The van der Waals surface area contributed by atoms with Crippen molar-refractivity contribution in [3.63, 3.8) is 0 Å². The molecule has 0 aliphatic rings. The monoisotopic (exact) mass is 244 g/mol. The van der Waals surface area contributed by atoms with Gasteiger partial charge < -0.3 is 4.42 Å². The van der Waals surface area contributed by atoms with E-state index in [2.05, 4.69) is 17.1 Å². The van der Waals surface area contributed by atoms with Crippen LogP contribution in [0.15, 0.2) is 65.3 Å². The maximum Gasteiger partial charge on any atom is 0.136 e. The maximum atomic E-state index is 5.87. The summed E-state index contributed by atoms with van der Waals surface area (Å²) in [6.45, 7) is 0. The minimum atomic E-state index is 0.874. The molecule has 4 rings (SSSR count). The zero-order valence-electron chi connectivity index (χ0n) is 10.1. The molecule has 0 fully saturated rings. The highest BCUT2D eigenvalue weighted by Crippen LogP contribution is 2.35. The molecule has 2 nitrogen and oxygen atoms in total. The number of pyridine rings is 1. The number of hydrogen-bond donors (Lipinski definition) is 0. The lowest BCUT2D eigenvalue weighted by molar-refractivity contribution is 0.669. The number of nitrogens with zero attached hydrogens (tertiary/aromatic N) is 1. The number of fused-ring (bicyclic) bond motifs is 3. The third-order valence-electron chi connectivity index (χ3n) is 3.31. The van der Waals surface area contributed by atoms with Crippen LogP contribution < -0.4 is 0 Å². The fourth-order valence-corrected chi connectivity index (χ4v) is 2.47. The van der Waals surface area contributed by atoms with Crippen LogP contribution in [0.2, 0.25) is 0 Å². The predicted molar refractivity (Wildman–Crippen MR) is 75.8 cm³/mol. The van der Waals surface area contributed by atoms with Gasteiger partial charge in [-0.15, -0.1) is 0 Å². The molecule has 2 aromatic heterocycles. The average Bonchev–Trinajstić information content (AvgIpc) is 2.86. The van der Waals surface area contributed by atoms with E-state index in [9.17, 15) is 0 Å². The Morgan fingerprint density at radius 1 is 0.895 bits per heavy atom. The van der Waals surface area contributed by atoms with E-state index in [1.165, 1.54) is 0 Å². The quantitative estimate of drug-likeness (QED) is 0.494. The highest BCUT2D eigenvalue weighted by atomic mass is 16.3. The van der Waals surface area contributed by atoms with E-state index in [0.717, 1.165) is 33.1 Å². The van der Waals surface area contributed by atoms with Gasteiger partial charge in [-0.05, 0) is 41.5 Å². The van der Waals surface area contributed by atoms with Gasteiger partial charge in [0.25, 0.3) is 0 Å². The highest BCUT2D eigenvalue weighted by Gasteiger charge is 2.11. The van der Waals surface area contributed by atoms with Crippen LogP contribution in [0.25, 0.3) is 33.1 Å².